The van der Waals surface area contributed by atoms with E-state index in [1.165, 1.54) is 31.0 Å². The second kappa shape index (κ2) is 4.65. The van der Waals surface area contributed by atoms with Gasteiger partial charge in [0.05, 0.1) is 0 Å². The fourth-order valence-corrected chi connectivity index (χ4v) is 1.97. The second-order valence-electron chi connectivity index (χ2n) is 4.72. The zero-order chi connectivity index (χ0) is 12.4. The molecule has 4 heteroatoms. The summed E-state index contributed by atoms with van der Waals surface area (Å²) < 4.78 is 0. The van der Waals surface area contributed by atoms with Crippen LogP contribution in [-0.2, 0) is 0 Å². The molecule has 1 aromatic rings. The van der Waals surface area contributed by atoms with Gasteiger partial charge in [0.1, 0.15) is 17.1 Å². The van der Waals surface area contributed by atoms with E-state index in [1.807, 2.05) is 6.92 Å². The summed E-state index contributed by atoms with van der Waals surface area (Å²) in [7, 11) is 0. The molecule has 1 saturated carbocycles. The predicted octanol–water partition coefficient (Wildman–Crippen LogP) is 2.02. The van der Waals surface area contributed by atoms with E-state index in [0.29, 0.717) is 0 Å². The van der Waals surface area contributed by atoms with Gasteiger partial charge in [-0.25, -0.2) is 0 Å². The second-order valence-corrected chi connectivity index (χ2v) is 4.72. The summed E-state index contributed by atoms with van der Waals surface area (Å²) in [6.07, 6.45) is 3.43. The van der Waals surface area contributed by atoms with E-state index in [0.717, 1.165) is 12.3 Å². The highest BCUT2D eigenvalue weighted by molar-refractivity contribution is 5.99. The average Bonchev–Trinajstić information content (AvgIpc) is 3.00. The Morgan fingerprint density at radius 1 is 1.41 bits per heavy atom. The number of phenols is 2. The number of aromatic hydroxyl groups is 2. The Kier molecular flexibility index (Phi) is 3.22. The third kappa shape index (κ3) is 2.90. The van der Waals surface area contributed by atoms with Gasteiger partial charge in [0.25, 0.3) is 5.91 Å². The molecule has 0 aliphatic heterocycles. The number of rotatable bonds is 4. The molecule has 1 aliphatic rings. The molecule has 1 aromatic carbocycles. The van der Waals surface area contributed by atoms with E-state index in [4.69, 9.17) is 0 Å². The highest BCUT2D eigenvalue weighted by Gasteiger charge is 2.25. The summed E-state index contributed by atoms with van der Waals surface area (Å²) >= 11 is 0. The van der Waals surface area contributed by atoms with E-state index < -0.39 is 5.91 Å². The van der Waals surface area contributed by atoms with Crippen LogP contribution in [0.3, 0.4) is 0 Å². The monoisotopic (exact) mass is 235 g/mol. The van der Waals surface area contributed by atoms with Crippen LogP contribution in [0.25, 0.3) is 0 Å². The topological polar surface area (TPSA) is 69.6 Å². The van der Waals surface area contributed by atoms with Gasteiger partial charge >= 0.3 is 0 Å². The van der Waals surface area contributed by atoms with Crippen LogP contribution in [0.4, 0.5) is 0 Å². The molecule has 1 fully saturated rings. The van der Waals surface area contributed by atoms with Crippen LogP contribution in [-0.4, -0.2) is 22.2 Å². The van der Waals surface area contributed by atoms with Gasteiger partial charge in [0.2, 0.25) is 0 Å². The van der Waals surface area contributed by atoms with Crippen LogP contribution in [0.2, 0.25) is 0 Å². The van der Waals surface area contributed by atoms with Crippen molar-refractivity contribution in [3.05, 3.63) is 23.8 Å². The Morgan fingerprint density at radius 3 is 2.53 bits per heavy atom. The van der Waals surface area contributed by atoms with Gasteiger partial charge in [0, 0.05) is 6.04 Å². The number of carbonyl (C=O) groups is 1. The summed E-state index contributed by atoms with van der Waals surface area (Å²) in [5.74, 6) is -0.0840. The largest absolute Gasteiger partial charge is 0.507 e. The standard InChI is InChI=1S/C13H17NO3/c1-8(7-9-5-6-9)14-13(17)12-10(15)3-2-4-11(12)16/h2-4,8-9,15-16H,5-7H2,1H3,(H,14,17). The van der Waals surface area contributed by atoms with Crippen molar-refractivity contribution in [2.24, 2.45) is 5.92 Å². The fourth-order valence-electron chi connectivity index (χ4n) is 1.97. The van der Waals surface area contributed by atoms with Gasteiger partial charge in [-0.2, -0.15) is 0 Å². The summed E-state index contributed by atoms with van der Waals surface area (Å²) in [5.41, 5.74) is -0.0462. The first-order chi connectivity index (χ1) is 8.08. The lowest BCUT2D eigenvalue weighted by Crippen LogP contribution is -2.32. The number of amides is 1. The quantitative estimate of drug-likeness (QED) is 0.747. The molecule has 4 nitrogen and oxygen atoms in total. The van der Waals surface area contributed by atoms with Crippen LogP contribution in [0.5, 0.6) is 11.5 Å². The lowest BCUT2D eigenvalue weighted by Gasteiger charge is -2.14. The van der Waals surface area contributed by atoms with Gasteiger partial charge in [-0.15, -0.1) is 0 Å². The lowest BCUT2D eigenvalue weighted by molar-refractivity contribution is 0.0932. The first kappa shape index (κ1) is 11.8. The molecule has 2 rings (SSSR count). The SMILES string of the molecule is CC(CC1CC1)NC(=O)c1c(O)cccc1O. The zero-order valence-electron chi connectivity index (χ0n) is 9.81. The summed E-state index contributed by atoms with van der Waals surface area (Å²) in [6, 6.07) is 4.34. The highest BCUT2D eigenvalue weighted by atomic mass is 16.3. The van der Waals surface area contributed by atoms with Crippen molar-refractivity contribution in [3.63, 3.8) is 0 Å². The van der Waals surface area contributed by atoms with Gasteiger partial charge in [-0.05, 0) is 31.4 Å². The van der Waals surface area contributed by atoms with Crippen LogP contribution < -0.4 is 5.32 Å². The first-order valence-electron chi connectivity index (χ1n) is 5.89. The van der Waals surface area contributed by atoms with E-state index in [2.05, 4.69) is 5.32 Å². The Hall–Kier alpha value is -1.71. The van der Waals surface area contributed by atoms with Crippen LogP contribution in [0, 0.1) is 5.92 Å². The molecule has 1 aliphatic carbocycles. The number of phenolic OH excluding ortho intramolecular Hbond substituents is 2. The molecule has 0 radical (unpaired) electrons. The number of hydrogen-bond acceptors (Lipinski definition) is 3. The maximum atomic E-state index is 11.9. The molecule has 17 heavy (non-hydrogen) atoms. The molecule has 0 bridgehead atoms. The molecule has 0 aromatic heterocycles. The summed E-state index contributed by atoms with van der Waals surface area (Å²) in [5, 5.41) is 21.9. The first-order valence-corrected chi connectivity index (χ1v) is 5.89. The van der Waals surface area contributed by atoms with Gasteiger partial charge < -0.3 is 15.5 Å². The molecule has 3 N–H and O–H groups in total. The number of hydrogen-bond donors (Lipinski definition) is 3. The van der Waals surface area contributed by atoms with Crippen LogP contribution in [0.15, 0.2) is 18.2 Å². The normalized spacial score (nSPS) is 16.5. The van der Waals surface area contributed by atoms with Crippen LogP contribution in [0.1, 0.15) is 36.5 Å². The van der Waals surface area contributed by atoms with Gasteiger partial charge in [-0.1, -0.05) is 18.9 Å². The molecule has 92 valence electrons. The average molecular weight is 235 g/mol. The van der Waals surface area contributed by atoms with E-state index in [1.54, 1.807) is 0 Å². The number of benzene rings is 1. The zero-order valence-corrected chi connectivity index (χ0v) is 9.81. The Morgan fingerprint density at radius 2 is 2.00 bits per heavy atom. The molecule has 0 saturated heterocycles. The number of nitrogens with one attached hydrogen (secondary N) is 1. The van der Waals surface area contributed by atoms with Gasteiger partial charge in [-0.3, -0.25) is 4.79 Å². The minimum atomic E-state index is -0.422. The molecular formula is C13H17NO3. The maximum Gasteiger partial charge on any atom is 0.259 e. The van der Waals surface area contributed by atoms with Crippen molar-refractivity contribution < 1.29 is 15.0 Å². The van der Waals surface area contributed by atoms with Crippen molar-refractivity contribution in [2.45, 2.75) is 32.2 Å². The minimum Gasteiger partial charge on any atom is -0.507 e. The predicted molar refractivity (Wildman–Crippen MR) is 64.0 cm³/mol. The van der Waals surface area contributed by atoms with E-state index in [-0.39, 0.29) is 23.1 Å². The molecule has 1 unspecified atom stereocenters. The van der Waals surface area contributed by atoms with Crippen molar-refractivity contribution in [1.82, 2.24) is 5.32 Å². The van der Waals surface area contributed by atoms with Crippen molar-refractivity contribution in [1.29, 1.82) is 0 Å². The Balaban J connectivity index is 2.03. The van der Waals surface area contributed by atoms with Gasteiger partial charge in [0.15, 0.2) is 0 Å². The highest BCUT2D eigenvalue weighted by Crippen LogP contribution is 2.33. The number of carbonyl (C=O) groups excluding carboxylic acids is 1. The molecule has 0 spiro atoms. The van der Waals surface area contributed by atoms with Crippen molar-refractivity contribution in [2.75, 3.05) is 0 Å². The van der Waals surface area contributed by atoms with Crippen molar-refractivity contribution in [3.8, 4) is 11.5 Å². The minimum absolute atomic E-state index is 0.0462. The summed E-state index contributed by atoms with van der Waals surface area (Å²) in [4.78, 5) is 11.9. The molecule has 1 amide bonds. The Bertz CT molecular complexity index is 406. The molecule has 1 atom stereocenters. The van der Waals surface area contributed by atoms with Crippen molar-refractivity contribution >= 4 is 5.91 Å². The molecule has 0 heterocycles. The van der Waals surface area contributed by atoms with E-state index >= 15 is 0 Å². The van der Waals surface area contributed by atoms with E-state index in [9.17, 15) is 15.0 Å². The fraction of sp³-hybridized carbons (Fsp3) is 0.462. The third-order valence-corrected chi connectivity index (χ3v) is 3.01. The molecular weight excluding hydrogens is 218 g/mol. The summed E-state index contributed by atoms with van der Waals surface area (Å²) in [6.45, 7) is 1.94. The lowest BCUT2D eigenvalue weighted by atomic mass is 10.1. The van der Waals surface area contributed by atoms with Crippen LogP contribution >= 0.6 is 0 Å². The third-order valence-electron chi connectivity index (χ3n) is 3.01. The Labute approximate surface area is 100 Å². The smallest absolute Gasteiger partial charge is 0.259 e. The maximum absolute atomic E-state index is 11.9.